The maximum Gasteiger partial charge on any atom is 0.162 e. The van der Waals surface area contributed by atoms with Gasteiger partial charge in [-0.15, -0.1) is 5.10 Å². The average molecular weight is 289 g/mol. The average Bonchev–Trinajstić information content (AvgIpc) is 3.26. The molecule has 0 spiro atoms. The molecular weight excluding hydrogens is 262 g/mol. The molecule has 1 aliphatic rings. The van der Waals surface area contributed by atoms with E-state index in [1.807, 2.05) is 0 Å². The Kier molecular flexibility index (Phi) is 4.80. The van der Waals surface area contributed by atoms with Gasteiger partial charge in [-0.1, -0.05) is 13.8 Å². The maximum atomic E-state index is 8.01. The van der Waals surface area contributed by atoms with Crippen LogP contribution in [0, 0.1) is 11.3 Å². The van der Waals surface area contributed by atoms with Crippen LogP contribution in [-0.4, -0.2) is 28.6 Å². The van der Waals surface area contributed by atoms with Crippen molar-refractivity contribution in [3.8, 4) is 0 Å². The summed E-state index contributed by atoms with van der Waals surface area (Å²) in [6, 6.07) is 0.329. The maximum absolute atomic E-state index is 8.01. The van der Waals surface area contributed by atoms with Gasteiger partial charge >= 0.3 is 0 Å². The van der Waals surface area contributed by atoms with Crippen molar-refractivity contribution in [3.05, 3.63) is 16.8 Å². The lowest BCUT2D eigenvalue weighted by Gasteiger charge is -2.30. The smallest absolute Gasteiger partial charge is 0.162 e. The van der Waals surface area contributed by atoms with Crippen molar-refractivity contribution in [3.63, 3.8) is 0 Å². The predicted molar refractivity (Wildman–Crippen MR) is 87.0 cm³/mol. The monoisotopic (exact) mass is 289 g/mol. The van der Waals surface area contributed by atoms with Gasteiger partial charge in [-0.2, -0.15) is 5.10 Å². The van der Waals surface area contributed by atoms with Crippen molar-refractivity contribution in [1.29, 1.82) is 5.41 Å². The van der Waals surface area contributed by atoms with Gasteiger partial charge in [-0.05, 0) is 51.0 Å². The molecule has 5 nitrogen and oxygen atoms in total. The second-order valence-electron chi connectivity index (χ2n) is 6.13. The predicted octanol–water partition coefficient (Wildman–Crippen LogP) is 2.51. The van der Waals surface area contributed by atoms with Crippen LogP contribution in [-0.2, 0) is 12.8 Å². The number of anilines is 1. The molecule has 3 N–H and O–H groups in total. The lowest BCUT2D eigenvalue weighted by atomic mass is 10.0. The van der Waals surface area contributed by atoms with Gasteiger partial charge in [-0.3, -0.25) is 5.41 Å². The Labute approximate surface area is 127 Å². The number of amidine groups is 1. The molecule has 5 heteroatoms. The molecule has 1 aromatic rings. The Morgan fingerprint density at radius 3 is 2.38 bits per heavy atom. The van der Waals surface area contributed by atoms with Crippen LogP contribution in [0.3, 0.4) is 0 Å². The largest absolute Gasteiger partial charge is 0.384 e. The summed E-state index contributed by atoms with van der Waals surface area (Å²) in [5.74, 6) is 1.65. The van der Waals surface area contributed by atoms with Crippen LogP contribution >= 0.6 is 0 Å². The molecule has 0 unspecified atom stereocenters. The third-order valence-electron chi connectivity index (χ3n) is 4.14. The van der Waals surface area contributed by atoms with Gasteiger partial charge < -0.3 is 10.6 Å². The normalized spacial score (nSPS) is 14.5. The summed E-state index contributed by atoms with van der Waals surface area (Å²) >= 11 is 0. The van der Waals surface area contributed by atoms with Gasteiger partial charge in [0.2, 0.25) is 0 Å². The van der Waals surface area contributed by atoms with Crippen LogP contribution in [0.4, 0.5) is 5.82 Å². The van der Waals surface area contributed by atoms with E-state index in [1.165, 1.54) is 12.8 Å². The molecule has 0 radical (unpaired) electrons. The summed E-state index contributed by atoms with van der Waals surface area (Å²) in [6.07, 6.45) is 4.23. The van der Waals surface area contributed by atoms with Crippen LogP contribution in [0.5, 0.6) is 0 Å². The summed E-state index contributed by atoms with van der Waals surface area (Å²) in [6.45, 7) is 9.46. The molecule has 1 aliphatic carbocycles. The number of hydrogen-bond donors (Lipinski definition) is 2. The van der Waals surface area contributed by atoms with Gasteiger partial charge in [0, 0.05) is 12.6 Å². The van der Waals surface area contributed by atoms with Crippen molar-refractivity contribution < 1.29 is 0 Å². The van der Waals surface area contributed by atoms with Crippen LogP contribution in [0.1, 0.15) is 57.4 Å². The van der Waals surface area contributed by atoms with E-state index in [2.05, 4.69) is 42.8 Å². The van der Waals surface area contributed by atoms with Gasteiger partial charge in [0.25, 0.3) is 0 Å². The number of aryl methyl sites for hydroxylation is 1. The Morgan fingerprint density at radius 2 is 1.95 bits per heavy atom. The minimum absolute atomic E-state index is 0.105. The van der Waals surface area contributed by atoms with Crippen LogP contribution in [0.15, 0.2) is 0 Å². The Balaban J connectivity index is 2.51. The van der Waals surface area contributed by atoms with Gasteiger partial charge in [0.05, 0.1) is 11.3 Å². The van der Waals surface area contributed by atoms with Gasteiger partial charge in [0.1, 0.15) is 5.84 Å². The number of nitrogens with two attached hydrogens (primary N) is 1. The van der Waals surface area contributed by atoms with E-state index in [-0.39, 0.29) is 5.84 Å². The fraction of sp³-hybridized carbons (Fsp3) is 0.688. The van der Waals surface area contributed by atoms with Crippen LogP contribution in [0.25, 0.3) is 0 Å². The second-order valence-corrected chi connectivity index (χ2v) is 6.13. The van der Waals surface area contributed by atoms with Crippen molar-refractivity contribution >= 4 is 11.7 Å². The fourth-order valence-electron chi connectivity index (χ4n) is 2.77. The summed E-state index contributed by atoms with van der Waals surface area (Å²) in [5, 5.41) is 16.8. The first-order valence-electron chi connectivity index (χ1n) is 7.98. The highest BCUT2D eigenvalue weighted by atomic mass is 15.3. The fourth-order valence-corrected chi connectivity index (χ4v) is 2.77. The SMILES string of the molecule is CCc1nnc(N(CC2CC2)C(C)C)c(C(=N)N)c1CC. The number of nitrogens with zero attached hydrogens (tertiary/aromatic N) is 3. The van der Waals surface area contributed by atoms with Crippen molar-refractivity contribution in [2.75, 3.05) is 11.4 Å². The first kappa shape index (κ1) is 15.7. The Bertz CT molecular complexity index is 520. The molecule has 21 heavy (non-hydrogen) atoms. The molecule has 116 valence electrons. The van der Waals surface area contributed by atoms with Crippen LogP contribution < -0.4 is 10.6 Å². The number of rotatable bonds is 7. The van der Waals surface area contributed by atoms with Crippen LogP contribution in [0.2, 0.25) is 0 Å². The first-order chi connectivity index (χ1) is 9.99. The van der Waals surface area contributed by atoms with E-state index in [1.54, 1.807) is 0 Å². The third kappa shape index (κ3) is 3.34. The molecule has 1 heterocycles. The quantitative estimate of drug-likeness (QED) is 0.597. The molecule has 1 saturated carbocycles. The highest BCUT2D eigenvalue weighted by molar-refractivity contribution is 6.01. The molecule has 0 atom stereocenters. The van der Waals surface area contributed by atoms with Crippen molar-refractivity contribution in [2.45, 2.75) is 59.4 Å². The van der Waals surface area contributed by atoms with Crippen molar-refractivity contribution in [1.82, 2.24) is 10.2 Å². The standard InChI is InChI=1S/C16H27N5/c1-5-12-13(6-2)19-20-16(14(12)15(17)18)21(10(3)4)9-11-7-8-11/h10-11H,5-9H2,1-4H3,(H3,17,18). The summed E-state index contributed by atoms with van der Waals surface area (Å²) < 4.78 is 0. The topological polar surface area (TPSA) is 78.9 Å². The molecular formula is C16H27N5. The highest BCUT2D eigenvalue weighted by Gasteiger charge is 2.29. The molecule has 0 aromatic carbocycles. The van der Waals surface area contributed by atoms with Gasteiger partial charge in [-0.25, -0.2) is 0 Å². The van der Waals surface area contributed by atoms with E-state index in [0.29, 0.717) is 6.04 Å². The molecule has 0 aliphatic heterocycles. The lowest BCUT2D eigenvalue weighted by molar-refractivity contribution is 0.628. The molecule has 1 fully saturated rings. The molecule has 0 saturated heterocycles. The minimum Gasteiger partial charge on any atom is -0.384 e. The highest BCUT2D eigenvalue weighted by Crippen LogP contribution is 2.33. The number of aromatic nitrogens is 2. The summed E-state index contributed by atoms with van der Waals surface area (Å²) in [7, 11) is 0. The zero-order chi connectivity index (χ0) is 15.6. The number of nitrogens with one attached hydrogen (secondary N) is 1. The summed E-state index contributed by atoms with van der Waals surface area (Å²) in [4.78, 5) is 2.26. The number of hydrogen-bond acceptors (Lipinski definition) is 4. The third-order valence-corrected chi connectivity index (χ3v) is 4.14. The molecule has 0 amide bonds. The number of nitrogen functional groups attached to an aromatic ring is 1. The lowest BCUT2D eigenvalue weighted by Crippen LogP contribution is -2.36. The molecule has 2 rings (SSSR count). The van der Waals surface area contributed by atoms with E-state index in [4.69, 9.17) is 11.1 Å². The molecule has 0 bridgehead atoms. The zero-order valence-electron chi connectivity index (χ0n) is 13.6. The van der Waals surface area contributed by atoms with E-state index < -0.39 is 0 Å². The van der Waals surface area contributed by atoms with E-state index in [0.717, 1.165) is 47.9 Å². The van der Waals surface area contributed by atoms with Gasteiger partial charge in [0.15, 0.2) is 5.82 Å². The zero-order valence-corrected chi connectivity index (χ0v) is 13.6. The van der Waals surface area contributed by atoms with E-state index in [9.17, 15) is 0 Å². The Morgan fingerprint density at radius 1 is 1.29 bits per heavy atom. The minimum atomic E-state index is 0.105. The Hall–Kier alpha value is -1.65. The second kappa shape index (κ2) is 6.41. The molecule has 1 aromatic heterocycles. The summed E-state index contributed by atoms with van der Waals surface area (Å²) in [5.41, 5.74) is 8.72. The van der Waals surface area contributed by atoms with E-state index >= 15 is 0 Å². The first-order valence-corrected chi connectivity index (χ1v) is 7.98. The van der Waals surface area contributed by atoms with Crippen molar-refractivity contribution in [2.24, 2.45) is 11.7 Å².